The van der Waals surface area contributed by atoms with Crippen LogP contribution in [0.25, 0.3) is 0 Å². The minimum Gasteiger partial charge on any atom is -0.496 e. The van der Waals surface area contributed by atoms with Crippen molar-refractivity contribution in [1.29, 1.82) is 5.41 Å². The fraction of sp³-hybridized carbons (Fsp3) is 0.188. The molecule has 110 valence electrons. The molecule has 0 saturated heterocycles. The van der Waals surface area contributed by atoms with Gasteiger partial charge in [-0.25, -0.2) is 0 Å². The van der Waals surface area contributed by atoms with Crippen LogP contribution in [0.15, 0.2) is 36.4 Å². The van der Waals surface area contributed by atoms with Crippen LogP contribution in [0.4, 0.5) is 0 Å². The molecule has 0 atom stereocenters. The van der Waals surface area contributed by atoms with Crippen molar-refractivity contribution in [1.82, 2.24) is 0 Å². The minimum absolute atomic E-state index is 0.0575. The molecule has 0 bridgehead atoms. The number of nitrogens with one attached hydrogen (secondary N) is 1. The van der Waals surface area contributed by atoms with Crippen molar-refractivity contribution in [2.45, 2.75) is 13.5 Å². The molecule has 0 amide bonds. The van der Waals surface area contributed by atoms with E-state index in [1.807, 2.05) is 25.1 Å². The third-order valence-corrected chi connectivity index (χ3v) is 3.29. The molecule has 0 fully saturated rings. The Morgan fingerprint density at radius 1 is 1.19 bits per heavy atom. The first-order valence-corrected chi connectivity index (χ1v) is 6.79. The number of ether oxygens (including phenoxy) is 2. The Hall–Kier alpha value is -2.20. The Morgan fingerprint density at radius 3 is 2.62 bits per heavy atom. The number of rotatable bonds is 5. The van der Waals surface area contributed by atoms with E-state index in [1.54, 1.807) is 25.3 Å². The zero-order chi connectivity index (χ0) is 15.4. The lowest BCUT2D eigenvalue weighted by Crippen LogP contribution is -2.13. The zero-order valence-corrected chi connectivity index (χ0v) is 12.7. The van der Waals surface area contributed by atoms with Gasteiger partial charge in [0.05, 0.1) is 12.7 Å². The summed E-state index contributed by atoms with van der Waals surface area (Å²) in [5, 5.41) is 8.11. The van der Waals surface area contributed by atoms with Crippen LogP contribution in [-0.4, -0.2) is 12.9 Å². The first kappa shape index (κ1) is 15.2. The summed E-state index contributed by atoms with van der Waals surface area (Å²) >= 11 is 5.97. The normalized spacial score (nSPS) is 10.2. The molecule has 0 radical (unpaired) electrons. The summed E-state index contributed by atoms with van der Waals surface area (Å²) in [7, 11) is 1.62. The molecule has 0 spiro atoms. The maximum absolute atomic E-state index is 7.57. The minimum atomic E-state index is -0.0575. The third kappa shape index (κ3) is 3.67. The highest BCUT2D eigenvalue weighted by Crippen LogP contribution is 2.26. The van der Waals surface area contributed by atoms with Crippen LogP contribution in [0.3, 0.4) is 0 Å². The SMILES string of the molecule is COc1ccc(C)cc1COc1cc(Cl)ccc1C(=N)N. The standard InChI is InChI=1S/C16H17ClN2O2/c1-10-3-6-14(20-2)11(7-10)9-21-15-8-12(17)4-5-13(15)16(18)19/h3-8H,9H2,1-2H3,(H3,18,19). The van der Waals surface area contributed by atoms with Crippen molar-refractivity contribution in [2.75, 3.05) is 7.11 Å². The molecule has 0 aliphatic rings. The van der Waals surface area contributed by atoms with Crippen molar-refractivity contribution < 1.29 is 9.47 Å². The fourth-order valence-corrected chi connectivity index (χ4v) is 2.18. The lowest BCUT2D eigenvalue weighted by atomic mass is 10.1. The summed E-state index contributed by atoms with van der Waals surface area (Å²) in [4.78, 5) is 0. The van der Waals surface area contributed by atoms with Crippen molar-refractivity contribution in [3.63, 3.8) is 0 Å². The number of nitrogen functional groups attached to an aromatic ring is 1. The molecular formula is C16H17ClN2O2. The molecule has 0 saturated carbocycles. The monoisotopic (exact) mass is 304 g/mol. The Morgan fingerprint density at radius 2 is 1.95 bits per heavy atom. The molecule has 3 N–H and O–H groups in total. The van der Waals surface area contributed by atoms with Gasteiger partial charge in [-0.1, -0.05) is 23.2 Å². The van der Waals surface area contributed by atoms with Crippen molar-refractivity contribution in [3.8, 4) is 11.5 Å². The number of nitrogens with two attached hydrogens (primary N) is 1. The number of methoxy groups -OCH3 is 1. The molecule has 5 heteroatoms. The van der Waals surface area contributed by atoms with E-state index in [1.165, 1.54) is 0 Å². The Balaban J connectivity index is 2.26. The zero-order valence-electron chi connectivity index (χ0n) is 11.9. The van der Waals surface area contributed by atoms with Gasteiger partial charge in [0, 0.05) is 10.6 Å². The molecule has 2 rings (SSSR count). The summed E-state index contributed by atoms with van der Waals surface area (Å²) in [5.41, 5.74) is 8.11. The first-order valence-electron chi connectivity index (χ1n) is 6.41. The van der Waals surface area contributed by atoms with Gasteiger partial charge >= 0.3 is 0 Å². The Bertz CT molecular complexity index is 671. The number of hydrogen-bond donors (Lipinski definition) is 2. The van der Waals surface area contributed by atoms with E-state index >= 15 is 0 Å². The summed E-state index contributed by atoms with van der Waals surface area (Å²) in [6.07, 6.45) is 0. The van der Waals surface area contributed by atoms with E-state index in [0.717, 1.165) is 16.9 Å². The van der Waals surface area contributed by atoms with Gasteiger partial charge in [-0.2, -0.15) is 0 Å². The van der Waals surface area contributed by atoms with E-state index < -0.39 is 0 Å². The van der Waals surface area contributed by atoms with Gasteiger partial charge in [-0.3, -0.25) is 5.41 Å². The second-order valence-corrected chi connectivity index (χ2v) is 5.09. The largest absolute Gasteiger partial charge is 0.496 e. The molecule has 2 aromatic carbocycles. The average Bonchev–Trinajstić information content (AvgIpc) is 2.45. The molecule has 0 aliphatic heterocycles. The van der Waals surface area contributed by atoms with Crippen LogP contribution < -0.4 is 15.2 Å². The van der Waals surface area contributed by atoms with Gasteiger partial charge in [-0.05, 0) is 37.3 Å². The van der Waals surface area contributed by atoms with Crippen LogP contribution in [0.1, 0.15) is 16.7 Å². The maximum atomic E-state index is 7.57. The van der Waals surface area contributed by atoms with E-state index in [2.05, 4.69) is 0 Å². The Kier molecular flexibility index (Phi) is 4.70. The summed E-state index contributed by atoms with van der Waals surface area (Å²) in [6.45, 7) is 2.31. The molecule has 21 heavy (non-hydrogen) atoms. The van der Waals surface area contributed by atoms with Crippen LogP contribution in [-0.2, 0) is 6.61 Å². The lowest BCUT2D eigenvalue weighted by molar-refractivity contribution is 0.296. The van der Waals surface area contributed by atoms with E-state index in [9.17, 15) is 0 Å². The first-order chi connectivity index (χ1) is 10.0. The quantitative estimate of drug-likeness (QED) is 0.656. The second kappa shape index (κ2) is 6.50. The van der Waals surface area contributed by atoms with E-state index in [-0.39, 0.29) is 5.84 Å². The summed E-state index contributed by atoms with van der Waals surface area (Å²) in [6, 6.07) is 10.9. The summed E-state index contributed by atoms with van der Waals surface area (Å²) in [5.74, 6) is 1.18. The summed E-state index contributed by atoms with van der Waals surface area (Å²) < 4.78 is 11.1. The molecule has 0 unspecified atom stereocenters. The molecule has 4 nitrogen and oxygen atoms in total. The molecular weight excluding hydrogens is 288 g/mol. The number of hydrogen-bond acceptors (Lipinski definition) is 3. The smallest absolute Gasteiger partial charge is 0.132 e. The molecule has 0 aliphatic carbocycles. The number of benzene rings is 2. The third-order valence-electron chi connectivity index (χ3n) is 3.05. The van der Waals surface area contributed by atoms with Gasteiger partial charge in [0.25, 0.3) is 0 Å². The van der Waals surface area contributed by atoms with Crippen molar-refractivity contribution >= 4 is 17.4 Å². The van der Waals surface area contributed by atoms with Gasteiger partial charge in [-0.15, -0.1) is 0 Å². The van der Waals surface area contributed by atoms with Crippen LogP contribution in [0, 0.1) is 12.3 Å². The van der Waals surface area contributed by atoms with Crippen LogP contribution in [0.5, 0.6) is 11.5 Å². The second-order valence-electron chi connectivity index (χ2n) is 4.66. The molecule has 2 aromatic rings. The average molecular weight is 305 g/mol. The van der Waals surface area contributed by atoms with E-state index in [0.29, 0.717) is 22.9 Å². The topological polar surface area (TPSA) is 68.3 Å². The molecule has 0 aromatic heterocycles. The highest BCUT2D eigenvalue weighted by molar-refractivity contribution is 6.30. The van der Waals surface area contributed by atoms with Crippen molar-refractivity contribution in [3.05, 3.63) is 58.1 Å². The van der Waals surface area contributed by atoms with Crippen molar-refractivity contribution in [2.24, 2.45) is 5.73 Å². The number of aryl methyl sites for hydroxylation is 1. The van der Waals surface area contributed by atoms with Crippen LogP contribution >= 0.6 is 11.6 Å². The lowest BCUT2D eigenvalue weighted by Gasteiger charge is -2.13. The number of amidine groups is 1. The highest BCUT2D eigenvalue weighted by Gasteiger charge is 2.10. The predicted molar refractivity (Wildman–Crippen MR) is 84.5 cm³/mol. The highest BCUT2D eigenvalue weighted by atomic mass is 35.5. The van der Waals surface area contributed by atoms with Gasteiger partial charge in [0.2, 0.25) is 0 Å². The van der Waals surface area contributed by atoms with Gasteiger partial charge in [0.15, 0.2) is 0 Å². The van der Waals surface area contributed by atoms with E-state index in [4.69, 9.17) is 32.2 Å². The number of halogens is 1. The van der Waals surface area contributed by atoms with Gasteiger partial charge < -0.3 is 15.2 Å². The van der Waals surface area contributed by atoms with Gasteiger partial charge in [0.1, 0.15) is 23.9 Å². The maximum Gasteiger partial charge on any atom is 0.132 e. The molecule has 0 heterocycles. The fourth-order valence-electron chi connectivity index (χ4n) is 2.01. The van der Waals surface area contributed by atoms with Crippen LogP contribution in [0.2, 0.25) is 5.02 Å². The Labute approximate surface area is 129 Å². The predicted octanol–water partition coefficient (Wildman–Crippen LogP) is 3.52.